The molecule has 1 aliphatic carbocycles. The molecule has 5 heteroatoms. The van der Waals surface area contributed by atoms with Crippen LogP contribution < -0.4 is 10.1 Å². The summed E-state index contributed by atoms with van der Waals surface area (Å²) in [7, 11) is 1.54. The summed E-state index contributed by atoms with van der Waals surface area (Å²) in [6.07, 6.45) is 2.04. The molecule has 2 rings (SSSR count). The van der Waals surface area contributed by atoms with Crippen molar-refractivity contribution in [2.75, 3.05) is 7.11 Å². The fourth-order valence-electron chi connectivity index (χ4n) is 2.03. The van der Waals surface area contributed by atoms with E-state index in [1.54, 1.807) is 12.1 Å². The molecule has 18 heavy (non-hydrogen) atoms. The van der Waals surface area contributed by atoms with Gasteiger partial charge in [0, 0.05) is 16.6 Å². The van der Waals surface area contributed by atoms with Crippen molar-refractivity contribution in [1.29, 1.82) is 0 Å². The minimum Gasteiger partial charge on any atom is -0.496 e. The molecule has 1 aliphatic rings. The van der Waals surface area contributed by atoms with Gasteiger partial charge >= 0.3 is 5.97 Å². The van der Waals surface area contributed by atoms with Crippen molar-refractivity contribution in [1.82, 2.24) is 5.32 Å². The van der Waals surface area contributed by atoms with E-state index in [-0.39, 0.29) is 6.04 Å². The lowest BCUT2D eigenvalue weighted by Crippen LogP contribution is -2.30. The fraction of sp³-hybridized carbons (Fsp3) is 0.462. The Balaban J connectivity index is 2.41. The number of nitrogens with one attached hydrogen (secondary N) is 1. The number of carboxylic acid groups (broad SMARTS) is 1. The third-order valence-corrected chi connectivity index (χ3v) is 3.23. The smallest absolute Gasteiger partial charge is 0.325 e. The number of halogens is 1. The van der Waals surface area contributed by atoms with Gasteiger partial charge in [0.2, 0.25) is 0 Å². The summed E-state index contributed by atoms with van der Waals surface area (Å²) in [5, 5.41) is 13.0. The van der Waals surface area contributed by atoms with Gasteiger partial charge < -0.3 is 9.84 Å². The first kappa shape index (κ1) is 13.2. The Labute approximate surface area is 111 Å². The van der Waals surface area contributed by atoms with Crippen molar-refractivity contribution in [3.05, 3.63) is 28.3 Å². The number of carbonyl (C=O) groups is 1. The van der Waals surface area contributed by atoms with Crippen LogP contribution in [0.3, 0.4) is 0 Å². The first-order chi connectivity index (χ1) is 8.52. The van der Waals surface area contributed by atoms with Crippen LogP contribution >= 0.6 is 11.6 Å². The molecule has 0 bridgehead atoms. The molecule has 98 valence electrons. The first-order valence-corrected chi connectivity index (χ1v) is 6.23. The number of methoxy groups -OCH3 is 1. The topological polar surface area (TPSA) is 58.6 Å². The van der Waals surface area contributed by atoms with Crippen LogP contribution in [0.15, 0.2) is 12.1 Å². The molecule has 1 fully saturated rings. The van der Waals surface area contributed by atoms with E-state index >= 15 is 0 Å². The highest BCUT2D eigenvalue weighted by molar-refractivity contribution is 6.30. The molecule has 1 aromatic rings. The molecular weight excluding hydrogens is 254 g/mol. The molecule has 1 unspecified atom stereocenters. The molecule has 0 aromatic heterocycles. The zero-order valence-corrected chi connectivity index (χ0v) is 11.1. The maximum absolute atomic E-state index is 11.4. The second-order valence-electron chi connectivity index (χ2n) is 4.56. The number of ether oxygens (including phenoxy) is 1. The van der Waals surface area contributed by atoms with Crippen molar-refractivity contribution in [3.63, 3.8) is 0 Å². The van der Waals surface area contributed by atoms with Gasteiger partial charge in [-0.25, -0.2) is 0 Å². The highest BCUT2D eigenvalue weighted by Crippen LogP contribution is 2.34. The summed E-state index contributed by atoms with van der Waals surface area (Å²) < 4.78 is 5.30. The molecule has 0 saturated heterocycles. The first-order valence-electron chi connectivity index (χ1n) is 5.85. The number of rotatable bonds is 5. The summed E-state index contributed by atoms with van der Waals surface area (Å²) in [6, 6.07) is 2.93. The zero-order chi connectivity index (χ0) is 13.3. The van der Waals surface area contributed by atoms with E-state index < -0.39 is 12.0 Å². The third kappa shape index (κ3) is 2.76. The normalized spacial score (nSPS) is 16.4. The van der Waals surface area contributed by atoms with Crippen LogP contribution in [0.1, 0.15) is 30.0 Å². The Morgan fingerprint density at radius 3 is 2.72 bits per heavy atom. The van der Waals surface area contributed by atoms with Gasteiger partial charge in [-0.15, -0.1) is 0 Å². The van der Waals surface area contributed by atoms with E-state index in [0.717, 1.165) is 18.4 Å². The molecule has 1 atom stereocenters. The number of hydrogen-bond donors (Lipinski definition) is 2. The van der Waals surface area contributed by atoms with E-state index in [1.807, 2.05) is 6.92 Å². The maximum Gasteiger partial charge on any atom is 0.325 e. The monoisotopic (exact) mass is 269 g/mol. The van der Waals surface area contributed by atoms with Crippen molar-refractivity contribution < 1.29 is 14.6 Å². The van der Waals surface area contributed by atoms with Gasteiger partial charge in [-0.3, -0.25) is 10.1 Å². The molecule has 1 saturated carbocycles. The molecule has 0 radical (unpaired) electrons. The number of aryl methyl sites for hydroxylation is 1. The second kappa shape index (κ2) is 5.16. The molecular formula is C13H16ClNO3. The van der Waals surface area contributed by atoms with Gasteiger partial charge in [-0.05, 0) is 37.5 Å². The molecule has 4 nitrogen and oxygen atoms in total. The van der Waals surface area contributed by atoms with Crippen molar-refractivity contribution in [3.8, 4) is 5.75 Å². The largest absolute Gasteiger partial charge is 0.496 e. The van der Waals surface area contributed by atoms with Crippen LogP contribution in [-0.2, 0) is 4.79 Å². The van der Waals surface area contributed by atoms with Gasteiger partial charge in [0.15, 0.2) is 0 Å². The summed E-state index contributed by atoms with van der Waals surface area (Å²) >= 11 is 6.00. The maximum atomic E-state index is 11.4. The van der Waals surface area contributed by atoms with Gasteiger partial charge in [0.1, 0.15) is 11.8 Å². The van der Waals surface area contributed by atoms with E-state index in [2.05, 4.69) is 5.32 Å². The predicted octanol–water partition coefficient (Wildman–Crippen LogP) is 2.53. The molecule has 0 amide bonds. The Bertz CT molecular complexity index is 472. The number of hydrogen-bond acceptors (Lipinski definition) is 3. The highest BCUT2D eigenvalue weighted by Gasteiger charge is 2.31. The van der Waals surface area contributed by atoms with Crippen molar-refractivity contribution in [2.24, 2.45) is 0 Å². The molecule has 0 spiro atoms. The number of carboxylic acids is 1. The Hall–Kier alpha value is -1.26. The fourth-order valence-corrected chi connectivity index (χ4v) is 2.31. The minimum absolute atomic E-state index is 0.287. The summed E-state index contributed by atoms with van der Waals surface area (Å²) in [5.74, 6) is -0.332. The summed E-state index contributed by atoms with van der Waals surface area (Å²) in [6.45, 7) is 1.85. The van der Waals surface area contributed by atoms with E-state index in [4.69, 9.17) is 16.3 Å². The predicted molar refractivity (Wildman–Crippen MR) is 69.3 cm³/mol. The van der Waals surface area contributed by atoms with E-state index in [0.29, 0.717) is 16.3 Å². The zero-order valence-electron chi connectivity index (χ0n) is 10.4. The van der Waals surface area contributed by atoms with Gasteiger partial charge in [-0.1, -0.05) is 11.6 Å². The van der Waals surface area contributed by atoms with Gasteiger partial charge in [0.25, 0.3) is 0 Å². The lowest BCUT2D eigenvalue weighted by Gasteiger charge is -2.19. The van der Waals surface area contributed by atoms with E-state index in [1.165, 1.54) is 7.11 Å². The van der Waals surface area contributed by atoms with Crippen LogP contribution in [0, 0.1) is 6.92 Å². The number of benzene rings is 1. The Morgan fingerprint density at radius 2 is 2.22 bits per heavy atom. The third-order valence-electron chi connectivity index (χ3n) is 3.01. The SMILES string of the molecule is COc1c(C)cc(Cl)cc1C(NC1CC1)C(=O)O. The molecule has 2 N–H and O–H groups in total. The summed E-state index contributed by atoms with van der Waals surface area (Å²) in [5.41, 5.74) is 1.42. The lowest BCUT2D eigenvalue weighted by molar-refractivity contribution is -0.139. The van der Waals surface area contributed by atoms with Gasteiger partial charge in [-0.2, -0.15) is 0 Å². The van der Waals surface area contributed by atoms with Crippen molar-refractivity contribution >= 4 is 17.6 Å². The van der Waals surface area contributed by atoms with Gasteiger partial charge in [0.05, 0.1) is 7.11 Å². The quantitative estimate of drug-likeness (QED) is 0.862. The van der Waals surface area contributed by atoms with Crippen LogP contribution in [0.2, 0.25) is 5.02 Å². The summed E-state index contributed by atoms with van der Waals surface area (Å²) in [4.78, 5) is 11.4. The average molecular weight is 270 g/mol. The average Bonchev–Trinajstić information content (AvgIpc) is 3.08. The lowest BCUT2D eigenvalue weighted by atomic mass is 10.0. The van der Waals surface area contributed by atoms with Crippen LogP contribution in [0.4, 0.5) is 0 Å². The van der Waals surface area contributed by atoms with Crippen LogP contribution in [0.25, 0.3) is 0 Å². The molecule has 1 aromatic carbocycles. The van der Waals surface area contributed by atoms with E-state index in [9.17, 15) is 9.90 Å². The van der Waals surface area contributed by atoms with Crippen molar-refractivity contribution in [2.45, 2.75) is 31.8 Å². The Kier molecular flexibility index (Phi) is 3.78. The van der Waals surface area contributed by atoms with Crippen LogP contribution in [-0.4, -0.2) is 24.2 Å². The molecule has 0 heterocycles. The highest BCUT2D eigenvalue weighted by atomic mass is 35.5. The van der Waals surface area contributed by atoms with Crippen LogP contribution in [0.5, 0.6) is 5.75 Å². The standard InChI is InChI=1S/C13H16ClNO3/c1-7-5-8(14)6-10(12(7)18-2)11(13(16)17)15-9-3-4-9/h5-6,9,11,15H,3-4H2,1-2H3,(H,16,17). The molecule has 0 aliphatic heterocycles. The minimum atomic E-state index is -0.915. The Morgan fingerprint density at radius 1 is 1.56 bits per heavy atom. The number of aliphatic carboxylic acids is 1. The second-order valence-corrected chi connectivity index (χ2v) is 4.99.